The number of nitrogens with one attached hydrogen (secondary N) is 1. The van der Waals surface area contributed by atoms with E-state index < -0.39 is 0 Å². The minimum Gasteiger partial charge on any atom is -0.311 e. The van der Waals surface area contributed by atoms with Crippen LogP contribution >= 0.6 is 11.3 Å². The highest BCUT2D eigenvalue weighted by molar-refractivity contribution is 7.13. The number of thiazole rings is 1. The quantitative estimate of drug-likeness (QED) is 0.578. The Hall–Kier alpha value is -2.19. The molecule has 0 bridgehead atoms. The Morgan fingerprint density at radius 1 is 1.10 bits per heavy atom. The van der Waals surface area contributed by atoms with Crippen LogP contribution in [0.3, 0.4) is 0 Å². The van der Waals surface area contributed by atoms with E-state index in [1.54, 1.807) is 23.7 Å². The molecule has 1 aliphatic rings. The van der Waals surface area contributed by atoms with Crippen LogP contribution in [0.15, 0.2) is 54.2 Å². The van der Waals surface area contributed by atoms with Crippen LogP contribution in [0.2, 0.25) is 0 Å². The summed E-state index contributed by atoms with van der Waals surface area (Å²) in [7, 11) is 2.22. The maximum atomic E-state index is 4.64. The normalized spacial score (nSPS) is 18.2. The Morgan fingerprint density at radius 2 is 1.93 bits per heavy atom. The first-order chi connectivity index (χ1) is 14.3. The van der Waals surface area contributed by atoms with Gasteiger partial charge >= 0.3 is 0 Å². The Labute approximate surface area is 176 Å². The predicted molar refractivity (Wildman–Crippen MR) is 118 cm³/mol. The highest BCUT2D eigenvalue weighted by atomic mass is 32.1. The second-order valence-corrected chi connectivity index (χ2v) is 8.33. The molecule has 152 valence electrons. The van der Waals surface area contributed by atoms with Crippen molar-refractivity contribution in [2.45, 2.75) is 19.0 Å². The summed E-state index contributed by atoms with van der Waals surface area (Å²) >= 11 is 1.60. The molecule has 7 heteroatoms. The maximum absolute atomic E-state index is 4.64. The first-order valence-electron chi connectivity index (χ1n) is 10.2. The standard InChI is InChI=1S/C22H28N6S/c1-27-13-14-28(20(16-27)18-7-3-2-4-8-18)12-6-9-23-15-19-17-29-22(26-19)21-24-10-5-11-25-21/h2-5,7-8,10-11,17,20,23H,6,9,12-16H2,1H3/t20-/m1/s1. The van der Waals surface area contributed by atoms with Crippen molar-refractivity contribution in [1.29, 1.82) is 0 Å². The van der Waals surface area contributed by atoms with E-state index in [0.717, 1.165) is 56.4 Å². The van der Waals surface area contributed by atoms with Gasteiger partial charge < -0.3 is 10.2 Å². The molecule has 3 heterocycles. The lowest BCUT2D eigenvalue weighted by molar-refractivity contribution is 0.0888. The lowest BCUT2D eigenvalue weighted by Gasteiger charge is -2.40. The minimum atomic E-state index is 0.488. The van der Waals surface area contributed by atoms with Gasteiger partial charge in [0.25, 0.3) is 0 Å². The average Bonchev–Trinajstić information content (AvgIpc) is 3.25. The number of piperazine rings is 1. The van der Waals surface area contributed by atoms with Gasteiger partial charge in [0, 0.05) is 56.5 Å². The summed E-state index contributed by atoms with van der Waals surface area (Å²) in [5, 5.41) is 6.50. The molecule has 2 aromatic heterocycles. The van der Waals surface area contributed by atoms with Crippen molar-refractivity contribution in [1.82, 2.24) is 30.1 Å². The van der Waals surface area contributed by atoms with Crippen LogP contribution in [0.5, 0.6) is 0 Å². The van der Waals surface area contributed by atoms with E-state index in [2.05, 4.69) is 72.8 Å². The molecule has 6 nitrogen and oxygen atoms in total. The van der Waals surface area contributed by atoms with Gasteiger partial charge in [0.1, 0.15) is 0 Å². The largest absolute Gasteiger partial charge is 0.311 e. The Balaban J connectivity index is 1.23. The third-order valence-electron chi connectivity index (χ3n) is 5.29. The molecule has 3 aromatic rings. The first kappa shape index (κ1) is 20.1. The van der Waals surface area contributed by atoms with Crippen molar-refractivity contribution in [3.05, 3.63) is 65.4 Å². The molecule has 4 rings (SSSR count). The van der Waals surface area contributed by atoms with E-state index in [9.17, 15) is 0 Å². The summed E-state index contributed by atoms with van der Waals surface area (Å²) in [4.78, 5) is 18.2. The van der Waals surface area contributed by atoms with E-state index in [1.807, 2.05) is 6.07 Å². The molecule has 1 saturated heterocycles. The van der Waals surface area contributed by atoms with Gasteiger partial charge in [-0.25, -0.2) is 15.0 Å². The highest BCUT2D eigenvalue weighted by Crippen LogP contribution is 2.24. The second kappa shape index (κ2) is 10.0. The van der Waals surface area contributed by atoms with Crippen LogP contribution in [-0.2, 0) is 6.54 Å². The number of aromatic nitrogens is 3. The number of hydrogen-bond acceptors (Lipinski definition) is 7. The van der Waals surface area contributed by atoms with Gasteiger partial charge in [0.05, 0.1) is 5.69 Å². The maximum Gasteiger partial charge on any atom is 0.188 e. The number of nitrogens with zero attached hydrogens (tertiary/aromatic N) is 5. The molecule has 1 aromatic carbocycles. The third-order valence-corrected chi connectivity index (χ3v) is 6.18. The zero-order valence-electron chi connectivity index (χ0n) is 16.9. The van der Waals surface area contributed by atoms with Gasteiger partial charge in [-0.2, -0.15) is 0 Å². The van der Waals surface area contributed by atoms with Gasteiger partial charge in [0.2, 0.25) is 0 Å². The zero-order chi connectivity index (χ0) is 19.9. The summed E-state index contributed by atoms with van der Waals surface area (Å²) in [6, 6.07) is 13.2. The topological polar surface area (TPSA) is 57.2 Å². The first-order valence-corrected chi connectivity index (χ1v) is 11.1. The molecular formula is C22H28N6S. The Kier molecular flexibility index (Phi) is 6.95. The van der Waals surface area contributed by atoms with Crippen LogP contribution in [0.1, 0.15) is 23.7 Å². The van der Waals surface area contributed by atoms with Crippen molar-refractivity contribution in [2.75, 3.05) is 39.8 Å². The minimum absolute atomic E-state index is 0.488. The third kappa shape index (κ3) is 5.45. The predicted octanol–water partition coefficient (Wildman–Crippen LogP) is 3.07. The average molecular weight is 409 g/mol. The molecule has 0 radical (unpaired) electrons. The number of benzene rings is 1. The van der Waals surface area contributed by atoms with Crippen LogP contribution in [0.25, 0.3) is 10.8 Å². The summed E-state index contributed by atoms with van der Waals surface area (Å²) in [5.41, 5.74) is 2.48. The number of likely N-dealkylation sites (N-methyl/N-ethyl adjacent to an activating group) is 1. The molecule has 0 saturated carbocycles. The zero-order valence-corrected chi connectivity index (χ0v) is 17.7. The molecule has 0 amide bonds. The smallest absolute Gasteiger partial charge is 0.188 e. The van der Waals surface area contributed by atoms with E-state index in [0.29, 0.717) is 11.9 Å². The van der Waals surface area contributed by atoms with Gasteiger partial charge in [-0.15, -0.1) is 11.3 Å². The van der Waals surface area contributed by atoms with Crippen LogP contribution in [-0.4, -0.2) is 64.5 Å². The molecule has 0 spiro atoms. The SMILES string of the molecule is CN1CCN(CCCNCc2csc(-c3ncccn3)n2)[C@@H](c2ccccc2)C1. The molecule has 29 heavy (non-hydrogen) atoms. The van der Waals surface area contributed by atoms with E-state index in [4.69, 9.17) is 0 Å². The number of rotatable bonds is 8. The molecule has 1 aliphatic heterocycles. The fourth-order valence-electron chi connectivity index (χ4n) is 3.74. The fraction of sp³-hybridized carbons (Fsp3) is 0.409. The lowest BCUT2D eigenvalue weighted by atomic mass is 10.0. The molecule has 1 atom stereocenters. The number of hydrogen-bond donors (Lipinski definition) is 1. The summed E-state index contributed by atoms with van der Waals surface area (Å²) in [6.45, 7) is 6.25. The van der Waals surface area contributed by atoms with Gasteiger partial charge in [-0.1, -0.05) is 30.3 Å². The van der Waals surface area contributed by atoms with E-state index >= 15 is 0 Å². The lowest BCUT2D eigenvalue weighted by Crippen LogP contribution is -2.47. The van der Waals surface area contributed by atoms with Crippen LogP contribution < -0.4 is 5.32 Å². The van der Waals surface area contributed by atoms with Crippen molar-refractivity contribution in [3.8, 4) is 10.8 Å². The summed E-state index contributed by atoms with van der Waals surface area (Å²) in [5.74, 6) is 0.700. The van der Waals surface area contributed by atoms with Gasteiger partial charge in [-0.3, -0.25) is 4.90 Å². The van der Waals surface area contributed by atoms with E-state index in [-0.39, 0.29) is 0 Å². The van der Waals surface area contributed by atoms with Gasteiger partial charge in [-0.05, 0) is 31.6 Å². The molecule has 1 fully saturated rings. The molecule has 0 unspecified atom stereocenters. The van der Waals surface area contributed by atoms with Crippen molar-refractivity contribution < 1.29 is 0 Å². The highest BCUT2D eigenvalue weighted by Gasteiger charge is 2.25. The monoisotopic (exact) mass is 408 g/mol. The summed E-state index contributed by atoms with van der Waals surface area (Å²) in [6.07, 6.45) is 4.64. The fourth-order valence-corrected chi connectivity index (χ4v) is 4.50. The van der Waals surface area contributed by atoms with Crippen molar-refractivity contribution in [3.63, 3.8) is 0 Å². The summed E-state index contributed by atoms with van der Waals surface area (Å²) < 4.78 is 0. The van der Waals surface area contributed by atoms with Gasteiger partial charge in [0.15, 0.2) is 10.8 Å². The van der Waals surface area contributed by atoms with E-state index in [1.165, 1.54) is 5.56 Å². The molecule has 1 N–H and O–H groups in total. The Bertz CT molecular complexity index is 869. The van der Waals surface area contributed by atoms with Crippen molar-refractivity contribution >= 4 is 11.3 Å². The molecule has 0 aliphatic carbocycles. The van der Waals surface area contributed by atoms with Crippen molar-refractivity contribution in [2.24, 2.45) is 0 Å². The van der Waals surface area contributed by atoms with Crippen LogP contribution in [0, 0.1) is 0 Å². The molecular weight excluding hydrogens is 380 g/mol. The second-order valence-electron chi connectivity index (χ2n) is 7.47. The Morgan fingerprint density at radius 3 is 2.76 bits per heavy atom. The van der Waals surface area contributed by atoms with Crippen LogP contribution in [0.4, 0.5) is 0 Å².